The molecule has 47 heavy (non-hydrogen) atoms. The number of Topliss-reactive ketones (excluding diaryl/α,β-unsaturated/α-hetero) is 1. The highest BCUT2D eigenvalue weighted by atomic mass is 16.5. The van der Waals surface area contributed by atoms with Crippen molar-refractivity contribution in [3.63, 3.8) is 0 Å². The molecule has 1 saturated heterocycles. The van der Waals surface area contributed by atoms with Crippen molar-refractivity contribution in [1.29, 1.82) is 0 Å². The van der Waals surface area contributed by atoms with Crippen molar-refractivity contribution in [2.24, 2.45) is 29.4 Å². The number of likely N-dealkylation sites (tertiary alicyclic amines) is 1. The van der Waals surface area contributed by atoms with E-state index in [1.807, 2.05) is 30.3 Å². The number of methoxy groups -OCH3 is 2. The van der Waals surface area contributed by atoms with Crippen molar-refractivity contribution in [2.45, 2.75) is 24.2 Å². The number of imide groups is 3. The number of carbonyl (C=O) groups is 5. The molecule has 0 radical (unpaired) electrons. The second-order valence-electron chi connectivity index (χ2n) is 12.4. The molecule has 3 aromatic rings. The van der Waals surface area contributed by atoms with Gasteiger partial charge in [-0.05, 0) is 36.0 Å². The van der Waals surface area contributed by atoms with Crippen LogP contribution in [0.3, 0.4) is 0 Å². The Balaban J connectivity index is 1.57. The molecule has 0 bridgehead atoms. The van der Waals surface area contributed by atoms with Crippen LogP contribution in [0.25, 0.3) is 5.57 Å². The van der Waals surface area contributed by atoms with Crippen LogP contribution in [0.4, 0.5) is 4.79 Å². The molecule has 1 saturated carbocycles. The molecule has 6 unspecified atom stereocenters. The van der Waals surface area contributed by atoms with E-state index in [2.05, 4.69) is 0 Å². The van der Waals surface area contributed by atoms with Crippen LogP contribution in [0, 0.1) is 23.7 Å². The molecule has 0 spiro atoms. The summed E-state index contributed by atoms with van der Waals surface area (Å²) >= 11 is 0. The van der Waals surface area contributed by atoms with Crippen LogP contribution < -0.4 is 15.2 Å². The zero-order chi connectivity index (χ0) is 33.2. The van der Waals surface area contributed by atoms with Crippen molar-refractivity contribution < 1.29 is 38.6 Å². The molecule has 6 atom stereocenters. The summed E-state index contributed by atoms with van der Waals surface area (Å²) in [5, 5.41) is 10.6. The minimum atomic E-state index is -1.53. The highest BCUT2D eigenvalue weighted by Crippen LogP contribution is 2.65. The number of aromatic hydroxyl groups is 1. The maximum atomic E-state index is 15.1. The van der Waals surface area contributed by atoms with Crippen molar-refractivity contribution >= 4 is 35.0 Å². The molecule has 10 nitrogen and oxygen atoms in total. The van der Waals surface area contributed by atoms with E-state index in [0.717, 1.165) is 0 Å². The standard InChI is InChI=1S/C37H32N2O8/c1-46-27-15-21(40)16-28(47-2)31(27)32-22-13-14-23-30(35(44)39(34(23)43)36(38)45)25(22)17-26-33(42)24(19-9-5-3-6-10-19)18-29(41)37(26,32)20-11-7-4-8-12-20/h3-13,15-16,18,23,25-26,30,32,40H,14,17H2,1-2H3,(H2,38,45). The number of allylic oxidation sites excluding steroid dienone is 4. The van der Waals surface area contributed by atoms with E-state index >= 15 is 4.79 Å². The molecule has 3 aromatic carbocycles. The van der Waals surface area contributed by atoms with E-state index in [1.165, 1.54) is 32.4 Å². The van der Waals surface area contributed by atoms with Crippen LogP contribution in [0.5, 0.6) is 17.2 Å². The number of amides is 4. The number of hydrogen-bond acceptors (Lipinski definition) is 8. The fraction of sp³-hybridized carbons (Fsp3) is 0.270. The molecule has 3 aliphatic carbocycles. The van der Waals surface area contributed by atoms with E-state index in [4.69, 9.17) is 15.2 Å². The number of phenolic OH excluding ortho intramolecular Hbond substituents is 1. The molecule has 3 N–H and O–H groups in total. The number of benzene rings is 3. The minimum Gasteiger partial charge on any atom is -0.508 e. The predicted octanol–water partition coefficient (Wildman–Crippen LogP) is 4.31. The van der Waals surface area contributed by atoms with Crippen molar-refractivity contribution in [2.75, 3.05) is 14.2 Å². The molecular formula is C37H32N2O8. The summed E-state index contributed by atoms with van der Waals surface area (Å²) in [6.45, 7) is 0. The number of ketones is 2. The molecule has 7 rings (SSSR count). The van der Waals surface area contributed by atoms with Gasteiger partial charge in [-0.1, -0.05) is 72.3 Å². The van der Waals surface area contributed by atoms with Crippen LogP contribution in [0.1, 0.15) is 35.4 Å². The van der Waals surface area contributed by atoms with Crippen LogP contribution in [-0.2, 0) is 24.6 Å². The maximum absolute atomic E-state index is 15.1. The largest absolute Gasteiger partial charge is 0.508 e. The highest BCUT2D eigenvalue weighted by molar-refractivity contribution is 6.31. The Morgan fingerprint density at radius 1 is 0.894 bits per heavy atom. The normalized spacial score (nSPS) is 28.1. The first-order valence-electron chi connectivity index (χ1n) is 15.4. The molecule has 1 aliphatic heterocycles. The molecule has 10 heteroatoms. The Kier molecular flexibility index (Phi) is 7.11. The summed E-state index contributed by atoms with van der Waals surface area (Å²) in [6, 6.07) is 19.7. The number of rotatable bonds is 5. The lowest BCUT2D eigenvalue weighted by atomic mass is 9.44. The average molecular weight is 633 g/mol. The Hall–Kier alpha value is -5.51. The molecular weight excluding hydrogens is 600 g/mol. The fourth-order valence-electron chi connectivity index (χ4n) is 8.62. The van der Waals surface area contributed by atoms with Gasteiger partial charge in [0.1, 0.15) is 17.2 Å². The van der Waals surface area contributed by atoms with Crippen molar-refractivity contribution in [3.05, 3.63) is 107 Å². The third kappa shape index (κ3) is 4.20. The average Bonchev–Trinajstić information content (AvgIpc) is 3.35. The van der Waals surface area contributed by atoms with E-state index in [9.17, 15) is 24.3 Å². The summed E-state index contributed by atoms with van der Waals surface area (Å²) < 4.78 is 11.6. The Labute approximate surface area is 270 Å². The Morgan fingerprint density at radius 2 is 1.51 bits per heavy atom. The number of hydrogen-bond donors (Lipinski definition) is 2. The number of fused-ring (bicyclic) bond motifs is 4. The van der Waals surface area contributed by atoms with Gasteiger partial charge in [0.05, 0.1) is 31.5 Å². The lowest BCUT2D eigenvalue weighted by Crippen LogP contribution is -2.59. The Morgan fingerprint density at radius 3 is 2.11 bits per heavy atom. The molecule has 4 aliphatic rings. The SMILES string of the molecule is COc1cc(O)cc(OC)c1C1C2=CCC3C(=O)N(C(N)=O)C(=O)C3C2CC2C(=O)C(c3ccccc3)=CC(=O)C21c1ccccc1. The lowest BCUT2D eigenvalue weighted by molar-refractivity contribution is -0.137. The van der Waals surface area contributed by atoms with Gasteiger partial charge >= 0.3 is 6.03 Å². The molecule has 4 amide bonds. The van der Waals surface area contributed by atoms with Crippen LogP contribution in [0.15, 0.2) is 90.5 Å². The smallest absolute Gasteiger partial charge is 0.328 e. The number of ether oxygens (including phenoxy) is 2. The zero-order valence-corrected chi connectivity index (χ0v) is 25.7. The van der Waals surface area contributed by atoms with Gasteiger partial charge in [-0.25, -0.2) is 4.79 Å². The molecule has 238 valence electrons. The van der Waals surface area contributed by atoms with Crippen LogP contribution >= 0.6 is 0 Å². The van der Waals surface area contributed by atoms with Crippen LogP contribution in [0.2, 0.25) is 0 Å². The van der Waals surface area contributed by atoms with E-state index < -0.39 is 52.8 Å². The number of carbonyl (C=O) groups excluding carboxylic acids is 5. The lowest BCUT2D eigenvalue weighted by Gasteiger charge is -2.55. The van der Waals surface area contributed by atoms with E-state index in [-0.39, 0.29) is 47.2 Å². The summed E-state index contributed by atoms with van der Waals surface area (Å²) in [5.74, 6) is -6.17. The number of urea groups is 1. The van der Waals surface area contributed by atoms with Gasteiger partial charge in [-0.15, -0.1) is 0 Å². The van der Waals surface area contributed by atoms with Crippen LogP contribution in [-0.4, -0.2) is 53.6 Å². The van der Waals surface area contributed by atoms with Gasteiger partial charge in [-0.2, -0.15) is 4.90 Å². The second-order valence-corrected chi connectivity index (χ2v) is 12.4. The fourth-order valence-corrected chi connectivity index (χ4v) is 8.62. The van der Waals surface area contributed by atoms with E-state index in [0.29, 0.717) is 27.2 Å². The van der Waals surface area contributed by atoms with Gasteiger partial charge in [0.2, 0.25) is 11.8 Å². The summed E-state index contributed by atoms with van der Waals surface area (Å²) in [4.78, 5) is 70.1. The quantitative estimate of drug-likeness (QED) is 0.312. The second kappa shape index (κ2) is 11.1. The zero-order valence-electron chi connectivity index (χ0n) is 25.7. The highest BCUT2D eigenvalue weighted by Gasteiger charge is 2.67. The summed E-state index contributed by atoms with van der Waals surface area (Å²) in [5.41, 5.74) is 6.46. The van der Waals surface area contributed by atoms with Gasteiger partial charge in [0, 0.05) is 35.1 Å². The monoisotopic (exact) mass is 632 g/mol. The molecule has 0 aromatic heterocycles. The van der Waals surface area contributed by atoms with Crippen molar-refractivity contribution in [1.82, 2.24) is 4.90 Å². The number of nitrogens with two attached hydrogens (primary N) is 1. The summed E-state index contributed by atoms with van der Waals surface area (Å²) in [7, 11) is 2.86. The number of primary amides is 1. The third-order valence-electron chi connectivity index (χ3n) is 10.4. The number of phenols is 1. The molecule has 1 heterocycles. The predicted molar refractivity (Wildman–Crippen MR) is 169 cm³/mol. The first kappa shape index (κ1) is 30.2. The first-order chi connectivity index (χ1) is 22.6. The van der Waals surface area contributed by atoms with Crippen molar-refractivity contribution in [3.8, 4) is 17.2 Å². The van der Waals surface area contributed by atoms with Gasteiger partial charge in [-0.3, -0.25) is 19.2 Å². The first-order valence-corrected chi connectivity index (χ1v) is 15.4. The minimum absolute atomic E-state index is 0.0570. The topological polar surface area (TPSA) is 153 Å². The maximum Gasteiger partial charge on any atom is 0.328 e. The van der Waals surface area contributed by atoms with Gasteiger partial charge < -0.3 is 20.3 Å². The van der Waals surface area contributed by atoms with Gasteiger partial charge in [0.25, 0.3) is 0 Å². The van der Waals surface area contributed by atoms with E-state index in [1.54, 1.807) is 36.4 Å². The Bertz CT molecular complexity index is 1890. The van der Waals surface area contributed by atoms with Gasteiger partial charge in [0.15, 0.2) is 11.6 Å². The number of nitrogens with zero attached hydrogens (tertiary/aromatic N) is 1. The third-order valence-corrected chi connectivity index (χ3v) is 10.4. The summed E-state index contributed by atoms with van der Waals surface area (Å²) in [6.07, 6.45) is 3.44. The molecule has 2 fully saturated rings.